The third-order valence-electron chi connectivity index (χ3n) is 3.76. The van der Waals surface area contributed by atoms with Crippen LogP contribution in [0, 0.1) is 6.92 Å². The van der Waals surface area contributed by atoms with Crippen molar-refractivity contribution < 1.29 is 19.1 Å². The molecule has 0 bridgehead atoms. The maximum atomic E-state index is 12.2. The van der Waals surface area contributed by atoms with Gasteiger partial charge in [-0.3, -0.25) is 14.9 Å². The van der Waals surface area contributed by atoms with Crippen molar-refractivity contribution in [2.24, 2.45) is 0 Å². The van der Waals surface area contributed by atoms with Gasteiger partial charge in [0.15, 0.2) is 0 Å². The molecule has 2 aromatic rings. The smallest absolute Gasteiger partial charge is 0.259 e. The summed E-state index contributed by atoms with van der Waals surface area (Å²) in [6.07, 6.45) is 0. The summed E-state index contributed by atoms with van der Waals surface area (Å²) >= 11 is 0. The van der Waals surface area contributed by atoms with Gasteiger partial charge in [0.25, 0.3) is 11.8 Å². The third kappa shape index (κ3) is 1.93. The second-order valence-corrected chi connectivity index (χ2v) is 5.03. The molecule has 0 atom stereocenters. The summed E-state index contributed by atoms with van der Waals surface area (Å²) in [4.78, 5) is 24.3. The van der Waals surface area contributed by atoms with E-state index in [2.05, 4.69) is 5.32 Å². The van der Waals surface area contributed by atoms with Gasteiger partial charge in [0.2, 0.25) is 0 Å². The van der Waals surface area contributed by atoms with Crippen LogP contribution in [0.2, 0.25) is 0 Å². The minimum Gasteiger partial charge on any atom is -0.493 e. The van der Waals surface area contributed by atoms with Crippen molar-refractivity contribution in [1.82, 2.24) is 5.32 Å². The molecule has 0 spiro atoms. The van der Waals surface area contributed by atoms with E-state index in [4.69, 9.17) is 9.47 Å². The molecular weight excluding hydrogens is 282 g/mol. The minimum atomic E-state index is -0.373. The highest BCUT2D eigenvalue weighted by atomic mass is 16.5. The molecule has 0 radical (unpaired) electrons. The zero-order valence-electron chi connectivity index (χ0n) is 12.8. The van der Waals surface area contributed by atoms with Gasteiger partial charge in [0.05, 0.1) is 29.7 Å². The van der Waals surface area contributed by atoms with Gasteiger partial charge in [-0.05, 0) is 26.8 Å². The Hall–Kier alpha value is -2.56. The zero-order valence-corrected chi connectivity index (χ0v) is 12.8. The Bertz CT molecular complexity index is 795. The van der Waals surface area contributed by atoms with E-state index in [0.717, 1.165) is 5.39 Å². The molecule has 22 heavy (non-hydrogen) atoms. The van der Waals surface area contributed by atoms with Crippen molar-refractivity contribution in [3.63, 3.8) is 0 Å². The molecule has 2 amide bonds. The van der Waals surface area contributed by atoms with Crippen LogP contribution in [0.4, 0.5) is 0 Å². The lowest BCUT2D eigenvalue weighted by atomic mass is 9.94. The molecule has 0 fully saturated rings. The van der Waals surface area contributed by atoms with Gasteiger partial charge in [-0.2, -0.15) is 0 Å². The first kappa shape index (κ1) is 14.4. The summed E-state index contributed by atoms with van der Waals surface area (Å²) in [5.74, 6) is 0.513. The standard InChI is InChI=1S/C17H17NO4/c1-4-21-11-8-6-7-10-13(11)15(22-5-2)9(3)12-14(10)17(20)18-16(12)19/h6-8H,4-5H2,1-3H3,(H,18,19,20). The van der Waals surface area contributed by atoms with Gasteiger partial charge in [0.1, 0.15) is 11.5 Å². The number of nitrogens with one attached hydrogen (secondary N) is 1. The Morgan fingerprint density at radius 1 is 1.00 bits per heavy atom. The molecule has 1 aliphatic rings. The summed E-state index contributed by atoms with van der Waals surface area (Å²) in [6.45, 7) is 6.55. The predicted octanol–water partition coefficient (Wildman–Crippen LogP) is 2.83. The van der Waals surface area contributed by atoms with Crippen LogP contribution in [0.5, 0.6) is 11.5 Å². The second-order valence-electron chi connectivity index (χ2n) is 5.03. The molecule has 0 saturated heterocycles. The number of hydrogen-bond acceptors (Lipinski definition) is 4. The fraction of sp³-hybridized carbons (Fsp3) is 0.294. The lowest BCUT2D eigenvalue weighted by Gasteiger charge is -2.17. The number of rotatable bonds is 4. The minimum absolute atomic E-state index is 0.371. The van der Waals surface area contributed by atoms with Gasteiger partial charge in [-0.25, -0.2) is 0 Å². The largest absolute Gasteiger partial charge is 0.493 e. The molecule has 0 saturated carbocycles. The molecule has 1 heterocycles. The monoisotopic (exact) mass is 299 g/mol. The van der Waals surface area contributed by atoms with E-state index < -0.39 is 0 Å². The van der Waals surface area contributed by atoms with Gasteiger partial charge in [0, 0.05) is 10.9 Å². The molecule has 0 unspecified atom stereocenters. The Morgan fingerprint density at radius 3 is 2.36 bits per heavy atom. The van der Waals surface area contributed by atoms with E-state index >= 15 is 0 Å². The van der Waals surface area contributed by atoms with Crippen LogP contribution in [-0.2, 0) is 0 Å². The molecule has 3 rings (SSSR count). The summed E-state index contributed by atoms with van der Waals surface area (Å²) < 4.78 is 11.5. The highest BCUT2D eigenvalue weighted by molar-refractivity contribution is 6.28. The number of imide groups is 1. The van der Waals surface area contributed by atoms with Crippen LogP contribution >= 0.6 is 0 Å². The number of hydrogen-bond donors (Lipinski definition) is 1. The fourth-order valence-electron chi connectivity index (χ4n) is 2.95. The van der Waals surface area contributed by atoms with E-state index in [1.807, 2.05) is 32.0 Å². The zero-order chi connectivity index (χ0) is 15.9. The van der Waals surface area contributed by atoms with Crippen molar-refractivity contribution in [1.29, 1.82) is 0 Å². The summed E-state index contributed by atoms with van der Waals surface area (Å²) in [5, 5.41) is 3.78. The van der Waals surface area contributed by atoms with E-state index in [-0.39, 0.29) is 11.8 Å². The number of amides is 2. The van der Waals surface area contributed by atoms with E-state index in [0.29, 0.717) is 46.8 Å². The fourth-order valence-corrected chi connectivity index (χ4v) is 2.95. The van der Waals surface area contributed by atoms with Crippen LogP contribution in [0.15, 0.2) is 18.2 Å². The first-order chi connectivity index (χ1) is 10.6. The second kappa shape index (κ2) is 5.33. The van der Waals surface area contributed by atoms with Gasteiger partial charge in [-0.15, -0.1) is 0 Å². The first-order valence-corrected chi connectivity index (χ1v) is 7.30. The maximum Gasteiger partial charge on any atom is 0.259 e. The molecule has 0 aromatic heterocycles. The Kier molecular flexibility index (Phi) is 3.48. The summed E-state index contributed by atoms with van der Waals surface area (Å²) in [6, 6.07) is 5.47. The summed E-state index contributed by atoms with van der Waals surface area (Å²) in [7, 11) is 0. The predicted molar refractivity (Wildman–Crippen MR) is 82.8 cm³/mol. The van der Waals surface area contributed by atoms with E-state index in [1.165, 1.54) is 0 Å². The van der Waals surface area contributed by atoms with Gasteiger partial charge < -0.3 is 9.47 Å². The number of fused-ring (bicyclic) bond motifs is 3. The van der Waals surface area contributed by atoms with Crippen molar-refractivity contribution in [3.8, 4) is 11.5 Å². The number of carbonyl (C=O) groups excluding carboxylic acids is 2. The van der Waals surface area contributed by atoms with Crippen LogP contribution < -0.4 is 14.8 Å². The van der Waals surface area contributed by atoms with Crippen molar-refractivity contribution in [2.75, 3.05) is 13.2 Å². The van der Waals surface area contributed by atoms with Crippen LogP contribution in [-0.4, -0.2) is 25.0 Å². The molecule has 2 aromatic carbocycles. The lowest BCUT2D eigenvalue weighted by molar-refractivity contribution is 0.0880. The average molecular weight is 299 g/mol. The molecular formula is C17H17NO4. The van der Waals surface area contributed by atoms with Crippen molar-refractivity contribution in [2.45, 2.75) is 20.8 Å². The van der Waals surface area contributed by atoms with Gasteiger partial charge in [-0.1, -0.05) is 12.1 Å². The quantitative estimate of drug-likeness (QED) is 0.882. The topological polar surface area (TPSA) is 64.6 Å². The van der Waals surface area contributed by atoms with Crippen molar-refractivity contribution >= 4 is 22.6 Å². The van der Waals surface area contributed by atoms with Crippen LogP contribution in [0.1, 0.15) is 40.1 Å². The average Bonchev–Trinajstić information content (AvgIpc) is 2.79. The van der Waals surface area contributed by atoms with E-state index in [9.17, 15) is 9.59 Å². The lowest BCUT2D eigenvalue weighted by Crippen LogP contribution is -2.20. The number of benzene rings is 2. The Balaban J connectivity index is 2.47. The highest BCUT2D eigenvalue weighted by Crippen LogP contribution is 2.42. The molecule has 0 aliphatic carbocycles. The number of carbonyl (C=O) groups is 2. The molecule has 114 valence electrons. The molecule has 5 nitrogen and oxygen atoms in total. The third-order valence-corrected chi connectivity index (χ3v) is 3.76. The highest BCUT2D eigenvalue weighted by Gasteiger charge is 2.34. The van der Waals surface area contributed by atoms with Crippen LogP contribution in [0.25, 0.3) is 10.8 Å². The molecule has 1 N–H and O–H groups in total. The number of ether oxygens (including phenoxy) is 2. The normalized spacial score (nSPS) is 13.2. The molecule has 1 aliphatic heterocycles. The van der Waals surface area contributed by atoms with Gasteiger partial charge >= 0.3 is 0 Å². The Labute approximate surface area is 128 Å². The van der Waals surface area contributed by atoms with Crippen LogP contribution in [0.3, 0.4) is 0 Å². The first-order valence-electron chi connectivity index (χ1n) is 7.30. The van der Waals surface area contributed by atoms with Crippen molar-refractivity contribution in [3.05, 3.63) is 34.9 Å². The summed E-state index contributed by atoms with van der Waals surface area (Å²) in [5.41, 5.74) is 1.47. The molecule has 5 heteroatoms. The Morgan fingerprint density at radius 2 is 1.68 bits per heavy atom. The van der Waals surface area contributed by atoms with E-state index in [1.54, 1.807) is 6.92 Å². The maximum absolute atomic E-state index is 12.2. The SMILES string of the molecule is CCOc1cccc2c3c(c(C)c(OCC)c12)C(=O)NC3=O.